The number of nitrogens with zero attached hydrogens (tertiary/aromatic N) is 4. The number of aromatic amines is 1. The number of phenolic OH excluding ortho intramolecular Hbond substituents is 1. The van der Waals surface area contributed by atoms with Gasteiger partial charge in [0.25, 0.3) is 0 Å². The van der Waals surface area contributed by atoms with Crippen LogP contribution in [0, 0.1) is 5.82 Å². The summed E-state index contributed by atoms with van der Waals surface area (Å²) in [6.07, 6.45) is 6.06. The number of hydrogen-bond acceptors (Lipinski definition) is 6. The summed E-state index contributed by atoms with van der Waals surface area (Å²) in [6, 6.07) is 6.69. The van der Waals surface area contributed by atoms with Crippen LogP contribution in [0.4, 0.5) is 10.2 Å². The second-order valence-electron chi connectivity index (χ2n) is 9.63. The number of halogens is 3. The number of hydrogen-bond donors (Lipinski definition) is 3. The minimum absolute atomic E-state index is 0. The van der Waals surface area contributed by atoms with Gasteiger partial charge in [0.2, 0.25) is 0 Å². The molecule has 2 bridgehead atoms. The summed E-state index contributed by atoms with van der Waals surface area (Å²) in [6.45, 7) is 4.60. The van der Waals surface area contributed by atoms with Crippen LogP contribution in [-0.2, 0) is 0 Å². The summed E-state index contributed by atoms with van der Waals surface area (Å²) < 4.78 is 15.3. The standard InChI is InChI=1S/C23H26BrFN6O.ClH/c1-22-6-7-23(2,30-22)11-13(10-22)31(3)20-5-4-18(27-28-20)15-8-17(25)14(9-19(15)32)16-12-26-29-21(16)24;/h4-5,8-9,12-13,30,32H,6-7,10-11H2,1-3H3,(H,26,29);1H/t13?,22-,23+;. The number of anilines is 1. The summed E-state index contributed by atoms with van der Waals surface area (Å²) >= 11 is 3.28. The van der Waals surface area contributed by atoms with Gasteiger partial charge in [-0.3, -0.25) is 5.10 Å². The van der Waals surface area contributed by atoms with E-state index in [1.807, 2.05) is 6.07 Å². The first kappa shape index (κ1) is 23.9. The van der Waals surface area contributed by atoms with E-state index in [0.29, 0.717) is 27.5 Å². The molecule has 0 amide bonds. The summed E-state index contributed by atoms with van der Waals surface area (Å²) in [4.78, 5) is 2.19. The van der Waals surface area contributed by atoms with Crippen molar-refractivity contribution < 1.29 is 9.50 Å². The fourth-order valence-corrected chi connectivity index (χ4v) is 5.81. The van der Waals surface area contributed by atoms with E-state index in [0.717, 1.165) is 18.7 Å². The highest BCUT2D eigenvalue weighted by Crippen LogP contribution is 2.44. The van der Waals surface area contributed by atoms with Gasteiger partial charge in [-0.05, 0) is 79.7 Å². The largest absolute Gasteiger partial charge is 0.507 e. The minimum Gasteiger partial charge on any atom is -0.507 e. The monoisotopic (exact) mass is 536 g/mol. The Bertz CT molecular complexity index is 1160. The number of fused-ring (bicyclic) bond motifs is 2. The van der Waals surface area contributed by atoms with Crippen LogP contribution in [0.1, 0.15) is 39.5 Å². The second kappa shape index (κ2) is 8.52. The molecule has 5 rings (SSSR count). The van der Waals surface area contributed by atoms with Crippen molar-refractivity contribution in [2.75, 3.05) is 11.9 Å². The lowest BCUT2D eigenvalue weighted by molar-refractivity contribution is 0.207. The van der Waals surface area contributed by atoms with Crippen molar-refractivity contribution in [2.45, 2.75) is 56.7 Å². The molecule has 33 heavy (non-hydrogen) atoms. The van der Waals surface area contributed by atoms with E-state index in [9.17, 15) is 9.50 Å². The van der Waals surface area contributed by atoms with Gasteiger partial charge in [-0.25, -0.2) is 4.39 Å². The zero-order valence-electron chi connectivity index (χ0n) is 18.7. The maximum atomic E-state index is 14.8. The van der Waals surface area contributed by atoms with E-state index in [2.05, 4.69) is 67.4 Å². The number of H-pyrrole nitrogens is 1. The average Bonchev–Trinajstić information content (AvgIpc) is 3.27. The first-order valence-electron chi connectivity index (χ1n) is 10.7. The number of aromatic hydroxyl groups is 1. The van der Waals surface area contributed by atoms with Gasteiger partial charge in [0.1, 0.15) is 16.2 Å². The molecule has 7 nitrogen and oxygen atoms in total. The first-order chi connectivity index (χ1) is 15.2. The Labute approximate surface area is 206 Å². The highest BCUT2D eigenvalue weighted by Gasteiger charge is 2.49. The Balaban J connectivity index is 0.00000259. The summed E-state index contributed by atoms with van der Waals surface area (Å²) in [5.74, 6) is 0.224. The molecule has 1 aromatic carbocycles. The molecular weight excluding hydrogens is 511 g/mol. The zero-order chi connectivity index (χ0) is 22.7. The minimum atomic E-state index is -0.477. The van der Waals surface area contributed by atoms with Crippen molar-refractivity contribution >= 4 is 34.2 Å². The van der Waals surface area contributed by atoms with Gasteiger partial charge in [0.05, 0.1) is 5.69 Å². The molecule has 0 aliphatic carbocycles. The number of piperidine rings is 1. The Morgan fingerprint density at radius 3 is 2.36 bits per heavy atom. The highest BCUT2D eigenvalue weighted by molar-refractivity contribution is 9.10. The van der Waals surface area contributed by atoms with Gasteiger partial charge < -0.3 is 15.3 Å². The molecule has 176 valence electrons. The Hall–Kier alpha value is -2.23. The summed E-state index contributed by atoms with van der Waals surface area (Å²) in [5.41, 5.74) is 1.82. The van der Waals surface area contributed by atoms with Crippen LogP contribution in [0.3, 0.4) is 0 Å². The van der Waals surface area contributed by atoms with Crippen molar-refractivity contribution in [3.63, 3.8) is 0 Å². The van der Waals surface area contributed by atoms with E-state index in [-0.39, 0.29) is 34.8 Å². The smallest absolute Gasteiger partial charge is 0.151 e. The molecule has 2 saturated heterocycles. The van der Waals surface area contributed by atoms with Gasteiger partial charge in [-0.15, -0.1) is 22.6 Å². The molecule has 3 N–H and O–H groups in total. The van der Waals surface area contributed by atoms with Gasteiger partial charge in [-0.1, -0.05) is 0 Å². The Morgan fingerprint density at radius 1 is 1.09 bits per heavy atom. The fourth-order valence-electron chi connectivity index (χ4n) is 5.38. The molecule has 3 aromatic rings. The Kier molecular flexibility index (Phi) is 6.18. The number of rotatable bonds is 4. The molecule has 2 aliphatic heterocycles. The zero-order valence-corrected chi connectivity index (χ0v) is 21.1. The van der Waals surface area contributed by atoms with Crippen LogP contribution in [0.15, 0.2) is 35.1 Å². The Morgan fingerprint density at radius 2 is 1.79 bits per heavy atom. The van der Waals surface area contributed by atoms with Gasteiger partial charge in [0, 0.05) is 47.1 Å². The number of phenols is 1. The molecule has 2 fully saturated rings. The lowest BCUT2D eigenvalue weighted by Gasteiger charge is -2.45. The van der Waals surface area contributed by atoms with Crippen molar-refractivity contribution in [2.24, 2.45) is 0 Å². The number of aromatic nitrogens is 4. The van der Waals surface area contributed by atoms with Gasteiger partial charge in [0.15, 0.2) is 5.82 Å². The van der Waals surface area contributed by atoms with Crippen LogP contribution in [0.2, 0.25) is 0 Å². The normalized spacial score (nSPS) is 26.2. The summed E-state index contributed by atoms with van der Waals surface area (Å²) in [5, 5.41) is 29.7. The predicted molar refractivity (Wildman–Crippen MR) is 132 cm³/mol. The maximum absolute atomic E-state index is 14.8. The molecule has 1 unspecified atom stereocenters. The highest BCUT2D eigenvalue weighted by atomic mass is 79.9. The molecule has 0 spiro atoms. The van der Waals surface area contributed by atoms with Crippen molar-refractivity contribution in [3.8, 4) is 28.1 Å². The van der Waals surface area contributed by atoms with Crippen LogP contribution in [0.25, 0.3) is 22.4 Å². The third kappa shape index (κ3) is 4.34. The molecule has 2 aliphatic rings. The van der Waals surface area contributed by atoms with Crippen LogP contribution in [0.5, 0.6) is 5.75 Å². The van der Waals surface area contributed by atoms with E-state index in [1.165, 1.54) is 25.0 Å². The third-order valence-electron chi connectivity index (χ3n) is 7.01. The van der Waals surface area contributed by atoms with Crippen molar-refractivity contribution in [1.82, 2.24) is 25.7 Å². The van der Waals surface area contributed by atoms with Crippen LogP contribution >= 0.6 is 28.3 Å². The third-order valence-corrected chi connectivity index (χ3v) is 7.61. The molecule has 3 atom stereocenters. The molecular formula is C23H27BrClFN6O. The topological polar surface area (TPSA) is 90.0 Å². The number of nitrogens with one attached hydrogen (secondary N) is 2. The van der Waals surface area contributed by atoms with E-state index >= 15 is 0 Å². The summed E-state index contributed by atoms with van der Waals surface area (Å²) in [7, 11) is 2.06. The van der Waals surface area contributed by atoms with Gasteiger partial charge in [-0.2, -0.15) is 5.10 Å². The van der Waals surface area contributed by atoms with Gasteiger partial charge >= 0.3 is 0 Å². The average molecular weight is 538 g/mol. The van der Waals surface area contributed by atoms with E-state index in [4.69, 9.17) is 0 Å². The van der Waals surface area contributed by atoms with Crippen molar-refractivity contribution in [1.29, 1.82) is 0 Å². The molecule has 2 aromatic heterocycles. The maximum Gasteiger partial charge on any atom is 0.151 e. The number of benzene rings is 1. The van der Waals surface area contributed by atoms with Crippen LogP contribution in [-0.4, -0.2) is 49.7 Å². The lowest BCUT2D eigenvalue weighted by atomic mass is 9.84. The van der Waals surface area contributed by atoms with Crippen LogP contribution < -0.4 is 10.2 Å². The van der Waals surface area contributed by atoms with E-state index in [1.54, 1.807) is 12.3 Å². The fraction of sp³-hybridized carbons (Fsp3) is 0.435. The molecule has 0 saturated carbocycles. The second-order valence-corrected chi connectivity index (χ2v) is 10.4. The quantitative estimate of drug-likeness (QED) is 0.431. The molecule has 4 heterocycles. The first-order valence-corrected chi connectivity index (χ1v) is 11.5. The molecule has 0 radical (unpaired) electrons. The van der Waals surface area contributed by atoms with E-state index < -0.39 is 5.82 Å². The van der Waals surface area contributed by atoms with Crippen molar-refractivity contribution in [3.05, 3.63) is 40.9 Å². The predicted octanol–water partition coefficient (Wildman–Crippen LogP) is 5.06. The SMILES string of the molecule is CN(c1ccc(-c2cc(F)c(-c3c[nH]nc3Br)cc2O)nn1)C1C[C@]2(C)CC[C@](C)(C1)N2.Cl. The molecule has 10 heteroatoms. The lowest BCUT2D eigenvalue weighted by Crippen LogP contribution is -2.58.